The molecule has 20 heavy (non-hydrogen) atoms. The zero-order valence-electron chi connectivity index (χ0n) is 12.6. The second kappa shape index (κ2) is 5.58. The van der Waals surface area contributed by atoms with Crippen molar-refractivity contribution in [3.63, 3.8) is 0 Å². The fourth-order valence-corrected chi connectivity index (χ4v) is 4.59. The molecule has 0 radical (unpaired) electrons. The van der Waals surface area contributed by atoms with Crippen molar-refractivity contribution < 1.29 is 4.74 Å². The van der Waals surface area contributed by atoms with Crippen LogP contribution in [0.4, 0.5) is 5.13 Å². The summed E-state index contributed by atoms with van der Waals surface area (Å²) in [6, 6.07) is 0. The van der Waals surface area contributed by atoms with Crippen LogP contribution in [0.1, 0.15) is 17.8 Å². The minimum absolute atomic E-state index is 0.445. The van der Waals surface area contributed by atoms with Gasteiger partial charge in [0.15, 0.2) is 0 Å². The monoisotopic (exact) mass is 296 g/mol. The highest BCUT2D eigenvalue weighted by molar-refractivity contribution is 7.15. The minimum Gasteiger partial charge on any atom is -0.384 e. The van der Waals surface area contributed by atoms with Gasteiger partial charge in [-0.05, 0) is 32.2 Å². The van der Waals surface area contributed by atoms with Crippen molar-refractivity contribution in [1.82, 2.24) is 15.1 Å². The predicted octanol–water partition coefficient (Wildman–Crippen LogP) is 1.64. The topological polar surface area (TPSA) is 41.5 Å². The first-order chi connectivity index (χ1) is 9.63. The maximum atomic E-state index is 5.46. The summed E-state index contributed by atoms with van der Waals surface area (Å²) in [4.78, 5) is 4.87. The molecule has 6 heteroatoms. The van der Waals surface area contributed by atoms with Gasteiger partial charge in [0.1, 0.15) is 5.01 Å². The molecule has 1 aromatic rings. The average Bonchev–Trinajstić information content (AvgIpc) is 2.97. The lowest BCUT2D eigenvalue weighted by molar-refractivity contribution is 0.0763. The van der Waals surface area contributed by atoms with Gasteiger partial charge in [-0.25, -0.2) is 0 Å². The highest BCUT2D eigenvalue weighted by atomic mass is 32.1. The van der Waals surface area contributed by atoms with E-state index < -0.39 is 0 Å². The van der Waals surface area contributed by atoms with E-state index in [0.29, 0.717) is 11.3 Å². The number of aryl methyl sites for hydroxylation is 1. The lowest BCUT2D eigenvalue weighted by Gasteiger charge is -2.42. The maximum Gasteiger partial charge on any atom is 0.208 e. The van der Waals surface area contributed by atoms with Gasteiger partial charge in [0.05, 0.1) is 6.61 Å². The molecular weight excluding hydrogens is 272 g/mol. The van der Waals surface area contributed by atoms with Crippen LogP contribution in [0.2, 0.25) is 0 Å². The van der Waals surface area contributed by atoms with Crippen LogP contribution >= 0.6 is 11.3 Å². The molecule has 1 aromatic heterocycles. The number of nitrogens with zero attached hydrogens (tertiary/aromatic N) is 4. The van der Waals surface area contributed by atoms with Crippen molar-refractivity contribution in [1.29, 1.82) is 0 Å². The summed E-state index contributed by atoms with van der Waals surface area (Å²) < 4.78 is 5.46. The first-order valence-corrected chi connectivity index (χ1v) is 8.17. The molecule has 2 fully saturated rings. The third-order valence-electron chi connectivity index (χ3n) is 4.90. The van der Waals surface area contributed by atoms with E-state index in [1.165, 1.54) is 25.9 Å². The predicted molar refractivity (Wildman–Crippen MR) is 81.4 cm³/mol. The Morgan fingerprint density at radius 2 is 2.10 bits per heavy atom. The molecule has 3 rings (SSSR count). The lowest BCUT2D eigenvalue weighted by Crippen LogP contribution is -2.45. The van der Waals surface area contributed by atoms with Gasteiger partial charge in [-0.15, -0.1) is 10.2 Å². The Hall–Kier alpha value is -0.720. The molecule has 1 atom stereocenters. The van der Waals surface area contributed by atoms with E-state index in [0.717, 1.165) is 29.8 Å². The fourth-order valence-electron chi connectivity index (χ4n) is 3.86. The molecule has 112 valence electrons. The van der Waals surface area contributed by atoms with Crippen LogP contribution in [-0.4, -0.2) is 62.0 Å². The van der Waals surface area contributed by atoms with Gasteiger partial charge in [-0.1, -0.05) is 11.3 Å². The Kier molecular flexibility index (Phi) is 3.97. The maximum absolute atomic E-state index is 5.46. The molecule has 0 unspecified atom stereocenters. The van der Waals surface area contributed by atoms with Gasteiger partial charge in [-0.3, -0.25) is 0 Å². The Bertz CT molecular complexity index is 456. The molecule has 0 amide bonds. The van der Waals surface area contributed by atoms with Crippen molar-refractivity contribution in [2.24, 2.45) is 11.3 Å². The van der Waals surface area contributed by atoms with Gasteiger partial charge in [0.25, 0.3) is 0 Å². The Balaban J connectivity index is 1.67. The molecule has 2 aliphatic heterocycles. The van der Waals surface area contributed by atoms with E-state index in [2.05, 4.69) is 27.0 Å². The second-order valence-corrected chi connectivity index (χ2v) is 7.46. The number of ether oxygens (including phenoxy) is 1. The summed E-state index contributed by atoms with van der Waals surface area (Å²) in [5, 5.41) is 10.6. The number of hydrogen-bond acceptors (Lipinski definition) is 6. The van der Waals surface area contributed by atoms with Gasteiger partial charge in [0, 0.05) is 39.2 Å². The highest BCUT2D eigenvalue weighted by Gasteiger charge is 2.47. The van der Waals surface area contributed by atoms with E-state index in [4.69, 9.17) is 4.74 Å². The molecule has 2 aliphatic rings. The average molecular weight is 296 g/mol. The summed E-state index contributed by atoms with van der Waals surface area (Å²) in [7, 11) is 4.06. The van der Waals surface area contributed by atoms with Gasteiger partial charge in [-0.2, -0.15) is 0 Å². The number of likely N-dealkylation sites (tertiary alicyclic amines) is 1. The molecule has 2 saturated heterocycles. The number of anilines is 1. The fraction of sp³-hybridized carbons (Fsp3) is 0.857. The highest BCUT2D eigenvalue weighted by Crippen LogP contribution is 2.45. The Morgan fingerprint density at radius 1 is 1.35 bits per heavy atom. The zero-order valence-corrected chi connectivity index (χ0v) is 13.4. The number of methoxy groups -OCH3 is 1. The van der Waals surface area contributed by atoms with Crippen LogP contribution in [0.15, 0.2) is 0 Å². The minimum atomic E-state index is 0.445. The molecule has 0 bridgehead atoms. The van der Waals surface area contributed by atoms with Crippen LogP contribution in [0, 0.1) is 18.3 Å². The van der Waals surface area contributed by atoms with Gasteiger partial charge >= 0.3 is 0 Å². The standard InChI is InChI=1S/C14H24N4OS/c1-11-15-16-13(20-11)18-6-4-14(5-7-18)10-17(2)8-12(14)9-19-3/h12H,4-10H2,1-3H3/t12-/m1/s1. The van der Waals surface area contributed by atoms with E-state index in [1.54, 1.807) is 11.3 Å². The molecule has 0 saturated carbocycles. The zero-order chi connectivity index (χ0) is 14.2. The van der Waals surface area contributed by atoms with Crippen molar-refractivity contribution in [3.8, 4) is 0 Å². The van der Waals surface area contributed by atoms with Crippen molar-refractivity contribution in [2.45, 2.75) is 19.8 Å². The molecule has 0 aromatic carbocycles. The summed E-state index contributed by atoms with van der Waals surface area (Å²) in [6.45, 7) is 7.50. The van der Waals surface area contributed by atoms with E-state index >= 15 is 0 Å². The van der Waals surface area contributed by atoms with E-state index in [1.807, 2.05) is 14.0 Å². The van der Waals surface area contributed by atoms with E-state index in [-0.39, 0.29) is 0 Å². The van der Waals surface area contributed by atoms with Crippen LogP contribution in [0.25, 0.3) is 0 Å². The SMILES string of the molecule is COC[C@H]1CN(C)CC12CCN(c1nnc(C)s1)CC2. The molecule has 3 heterocycles. The number of aromatic nitrogens is 2. The Morgan fingerprint density at radius 3 is 2.70 bits per heavy atom. The smallest absolute Gasteiger partial charge is 0.208 e. The van der Waals surface area contributed by atoms with Crippen LogP contribution in [0.5, 0.6) is 0 Å². The lowest BCUT2D eigenvalue weighted by atomic mass is 9.71. The van der Waals surface area contributed by atoms with Crippen molar-refractivity contribution >= 4 is 16.5 Å². The van der Waals surface area contributed by atoms with Crippen molar-refractivity contribution in [3.05, 3.63) is 5.01 Å². The van der Waals surface area contributed by atoms with Gasteiger partial charge < -0.3 is 14.5 Å². The number of rotatable bonds is 3. The first-order valence-electron chi connectivity index (χ1n) is 7.35. The third-order valence-corrected chi connectivity index (χ3v) is 5.80. The Labute approximate surface area is 124 Å². The normalized spacial score (nSPS) is 26.6. The summed E-state index contributed by atoms with van der Waals surface area (Å²) in [6.07, 6.45) is 2.48. The third kappa shape index (κ3) is 2.56. The molecular formula is C14H24N4OS. The number of piperidine rings is 1. The van der Waals surface area contributed by atoms with Crippen LogP contribution in [0.3, 0.4) is 0 Å². The molecule has 5 nitrogen and oxygen atoms in total. The molecule has 0 N–H and O–H groups in total. The second-order valence-electron chi connectivity index (χ2n) is 6.30. The summed E-state index contributed by atoms with van der Waals surface area (Å²) in [5.74, 6) is 0.677. The number of hydrogen-bond donors (Lipinski definition) is 0. The molecule has 0 aliphatic carbocycles. The summed E-state index contributed by atoms with van der Waals surface area (Å²) in [5.41, 5.74) is 0.445. The molecule has 1 spiro atoms. The largest absolute Gasteiger partial charge is 0.384 e. The summed E-state index contributed by atoms with van der Waals surface area (Å²) >= 11 is 1.71. The van der Waals surface area contributed by atoms with Crippen molar-refractivity contribution in [2.75, 3.05) is 51.8 Å². The van der Waals surface area contributed by atoms with Gasteiger partial charge in [0.2, 0.25) is 5.13 Å². The quantitative estimate of drug-likeness (QED) is 0.848. The van der Waals surface area contributed by atoms with E-state index in [9.17, 15) is 0 Å². The van der Waals surface area contributed by atoms with Crippen LogP contribution in [-0.2, 0) is 4.74 Å². The van der Waals surface area contributed by atoms with Crippen LogP contribution < -0.4 is 4.90 Å². The first kappa shape index (κ1) is 14.2.